The number of pyridine rings is 1. The predicted octanol–water partition coefficient (Wildman–Crippen LogP) is 5.41. The number of carbonyl (C=O) groups is 2. The first-order valence-corrected chi connectivity index (χ1v) is 11.7. The summed E-state index contributed by atoms with van der Waals surface area (Å²) in [6, 6.07) is 13.3. The SMILES string of the molecule is CCSc1cc(C(=O)CC2=NC=CC2)c2nc(NC(=O)c3cc4ccccc4cn3)[nH]c2c1. The molecule has 3 heterocycles. The quantitative estimate of drug-likeness (QED) is 0.287. The number of nitrogens with zero attached hydrogens (tertiary/aromatic N) is 3. The summed E-state index contributed by atoms with van der Waals surface area (Å²) in [5.41, 5.74) is 2.89. The Labute approximate surface area is 194 Å². The molecule has 33 heavy (non-hydrogen) atoms. The van der Waals surface area contributed by atoms with Crippen molar-refractivity contribution in [2.45, 2.75) is 24.7 Å². The van der Waals surface area contributed by atoms with E-state index in [1.165, 1.54) is 0 Å². The molecular weight excluding hydrogens is 434 g/mol. The van der Waals surface area contributed by atoms with Crippen LogP contribution in [0.25, 0.3) is 21.8 Å². The molecule has 4 aromatic rings. The lowest BCUT2D eigenvalue weighted by Gasteiger charge is -2.05. The number of hydrogen-bond acceptors (Lipinski definition) is 6. The van der Waals surface area contributed by atoms with Gasteiger partial charge in [0.05, 0.1) is 5.52 Å². The summed E-state index contributed by atoms with van der Waals surface area (Å²) in [4.78, 5) is 43.1. The number of amides is 1. The highest BCUT2D eigenvalue weighted by atomic mass is 32.2. The Morgan fingerprint density at radius 2 is 2.00 bits per heavy atom. The van der Waals surface area contributed by atoms with Crippen molar-refractivity contribution in [1.29, 1.82) is 0 Å². The molecule has 0 radical (unpaired) electrons. The topological polar surface area (TPSA) is 100 Å². The molecule has 0 atom stereocenters. The summed E-state index contributed by atoms with van der Waals surface area (Å²) >= 11 is 1.65. The molecule has 7 nitrogen and oxygen atoms in total. The van der Waals surface area contributed by atoms with Crippen LogP contribution in [0.1, 0.15) is 40.6 Å². The van der Waals surface area contributed by atoms with Crippen LogP contribution in [0.15, 0.2) is 70.8 Å². The van der Waals surface area contributed by atoms with Crippen LogP contribution in [-0.2, 0) is 0 Å². The number of ketones is 1. The molecule has 0 spiro atoms. The van der Waals surface area contributed by atoms with Crippen LogP contribution < -0.4 is 5.32 Å². The molecule has 0 bridgehead atoms. The maximum absolute atomic E-state index is 13.1. The number of imidazole rings is 1. The summed E-state index contributed by atoms with van der Waals surface area (Å²) in [5, 5.41) is 4.68. The molecule has 5 rings (SSSR count). The number of aromatic nitrogens is 3. The smallest absolute Gasteiger partial charge is 0.276 e. The molecule has 8 heteroatoms. The maximum Gasteiger partial charge on any atom is 0.276 e. The summed E-state index contributed by atoms with van der Waals surface area (Å²) in [5.74, 6) is 0.738. The second-order valence-corrected chi connectivity index (χ2v) is 8.98. The van der Waals surface area contributed by atoms with Crippen molar-refractivity contribution in [1.82, 2.24) is 15.0 Å². The Morgan fingerprint density at radius 1 is 1.15 bits per heavy atom. The predicted molar refractivity (Wildman–Crippen MR) is 132 cm³/mol. The van der Waals surface area contributed by atoms with E-state index in [4.69, 9.17) is 0 Å². The molecule has 164 valence electrons. The van der Waals surface area contributed by atoms with Crippen molar-refractivity contribution in [2.75, 3.05) is 11.1 Å². The van der Waals surface area contributed by atoms with E-state index in [1.807, 2.05) is 42.5 Å². The van der Waals surface area contributed by atoms with Crippen LogP contribution in [0.2, 0.25) is 0 Å². The molecule has 1 aliphatic rings. The van der Waals surface area contributed by atoms with Gasteiger partial charge in [-0.2, -0.15) is 0 Å². The Balaban J connectivity index is 1.45. The molecule has 2 aromatic carbocycles. The van der Waals surface area contributed by atoms with Gasteiger partial charge in [-0.05, 0) is 29.3 Å². The lowest BCUT2D eigenvalue weighted by molar-refractivity contribution is 0.0998. The van der Waals surface area contributed by atoms with Crippen molar-refractivity contribution in [3.05, 3.63) is 72.2 Å². The van der Waals surface area contributed by atoms with E-state index in [0.717, 1.165) is 27.1 Å². The maximum atomic E-state index is 13.1. The van der Waals surface area contributed by atoms with Crippen molar-refractivity contribution >= 4 is 56.9 Å². The fraction of sp³-hybridized carbons (Fsp3) is 0.160. The van der Waals surface area contributed by atoms with Crippen LogP contribution in [0, 0.1) is 0 Å². The third kappa shape index (κ3) is 4.42. The number of H-pyrrole nitrogens is 1. The van der Waals surface area contributed by atoms with E-state index in [1.54, 1.807) is 30.2 Å². The molecule has 0 aliphatic carbocycles. The van der Waals surface area contributed by atoms with E-state index in [0.29, 0.717) is 28.7 Å². The number of anilines is 1. The highest BCUT2D eigenvalue weighted by Gasteiger charge is 2.19. The van der Waals surface area contributed by atoms with Crippen LogP contribution in [0.4, 0.5) is 5.95 Å². The van der Waals surface area contributed by atoms with Gasteiger partial charge in [0, 0.05) is 46.8 Å². The first-order valence-electron chi connectivity index (χ1n) is 10.7. The number of allylic oxidation sites excluding steroid dienone is 1. The van der Waals surface area contributed by atoms with E-state index in [-0.39, 0.29) is 24.1 Å². The van der Waals surface area contributed by atoms with Gasteiger partial charge < -0.3 is 4.98 Å². The molecule has 1 amide bonds. The monoisotopic (exact) mass is 455 g/mol. The van der Waals surface area contributed by atoms with Crippen LogP contribution in [0.3, 0.4) is 0 Å². The number of benzene rings is 2. The van der Waals surface area contributed by atoms with Gasteiger partial charge in [0.25, 0.3) is 5.91 Å². The second kappa shape index (κ2) is 8.99. The minimum Gasteiger partial charge on any atom is -0.324 e. The van der Waals surface area contributed by atoms with Gasteiger partial charge in [-0.3, -0.25) is 24.9 Å². The molecular formula is C25H21N5O2S. The van der Waals surface area contributed by atoms with Gasteiger partial charge in [0.15, 0.2) is 5.78 Å². The Kier molecular flexibility index (Phi) is 5.75. The first-order chi connectivity index (χ1) is 16.1. The molecule has 0 unspecified atom stereocenters. The zero-order valence-corrected chi connectivity index (χ0v) is 18.8. The van der Waals surface area contributed by atoms with Gasteiger partial charge >= 0.3 is 0 Å². The Bertz CT molecular complexity index is 1450. The summed E-state index contributed by atoms with van der Waals surface area (Å²) in [6.45, 7) is 2.06. The average Bonchev–Trinajstić information content (AvgIpc) is 3.47. The molecule has 0 saturated heterocycles. The second-order valence-electron chi connectivity index (χ2n) is 7.64. The van der Waals surface area contributed by atoms with Gasteiger partial charge in [0.2, 0.25) is 5.95 Å². The van der Waals surface area contributed by atoms with Crippen molar-refractivity contribution in [3.63, 3.8) is 0 Å². The lowest BCUT2D eigenvalue weighted by Crippen LogP contribution is -2.14. The number of carbonyl (C=O) groups excluding carboxylic acids is 2. The number of hydrogen-bond donors (Lipinski definition) is 2. The molecule has 1 aliphatic heterocycles. The number of nitrogens with one attached hydrogen (secondary N) is 2. The van der Waals surface area contributed by atoms with E-state index < -0.39 is 0 Å². The number of rotatable bonds is 7. The normalized spacial score (nSPS) is 12.9. The molecule has 2 aromatic heterocycles. The number of aliphatic imine (C=N–C) groups is 1. The van der Waals surface area contributed by atoms with Gasteiger partial charge in [-0.1, -0.05) is 37.3 Å². The third-order valence-electron chi connectivity index (χ3n) is 5.35. The number of fused-ring (bicyclic) bond motifs is 2. The number of thioether (sulfide) groups is 1. The standard InChI is InChI=1S/C25H21N5O2S/c1-2-33-18-12-19(22(31)11-17-8-5-9-26-17)23-20(13-18)28-25(29-23)30-24(32)21-10-15-6-3-4-7-16(15)14-27-21/h3-7,9-10,12-14H,2,8,11H2,1H3,(H2,28,29,30,32). The minimum absolute atomic E-state index is 0.0402. The van der Waals surface area contributed by atoms with E-state index >= 15 is 0 Å². The zero-order valence-electron chi connectivity index (χ0n) is 18.0. The van der Waals surface area contributed by atoms with Gasteiger partial charge in [-0.25, -0.2) is 4.98 Å². The zero-order chi connectivity index (χ0) is 22.8. The van der Waals surface area contributed by atoms with Gasteiger partial charge in [0.1, 0.15) is 11.2 Å². The van der Waals surface area contributed by atoms with Crippen LogP contribution >= 0.6 is 11.8 Å². The van der Waals surface area contributed by atoms with Crippen molar-refractivity contribution in [3.8, 4) is 0 Å². The fourth-order valence-corrected chi connectivity index (χ4v) is 4.53. The highest BCUT2D eigenvalue weighted by molar-refractivity contribution is 7.99. The molecule has 0 fully saturated rings. The summed E-state index contributed by atoms with van der Waals surface area (Å²) < 4.78 is 0. The molecule has 2 N–H and O–H groups in total. The Morgan fingerprint density at radius 3 is 2.79 bits per heavy atom. The largest absolute Gasteiger partial charge is 0.324 e. The van der Waals surface area contributed by atoms with Crippen LogP contribution in [-0.4, -0.2) is 38.1 Å². The van der Waals surface area contributed by atoms with E-state index in [2.05, 4.69) is 32.2 Å². The van der Waals surface area contributed by atoms with Crippen LogP contribution in [0.5, 0.6) is 0 Å². The third-order valence-corrected chi connectivity index (χ3v) is 6.21. The fourth-order valence-electron chi connectivity index (χ4n) is 3.79. The van der Waals surface area contributed by atoms with Crippen molar-refractivity contribution in [2.24, 2.45) is 4.99 Å². The highest BCUT2D eigenvalue weighted by Crippen LogP contribution is 2.28. The van der Waals surface area contributed by atoms with Crippen molar-refractivity contribution < 1.29 is 9.59 Å². The number of aromatic amines is 1. The first kappa shape index (κ1) is 21.1. The summed E-state index contributed by atoms with van der Waals surface area (Å²) in [7, 11) is 0. The number of Topliss-reactive ketones (excluding diaryl/α,β-unsaturated/α-hetero) is 1. The average molecular weight is 456 g/mol. The lowest BCUT2D eigenvalue weighted by atomic mass is 10.0. The summed E-state index contributed by atoms with van der Waals surface area (Å²) in [6.07, 6.45) is 6.28. The Hall–Kier alpha value is -3.78. The molecule has 0 saturated carbocycles. The minimum atomic E-state index is -0.373. The van der Waals surface area contributed by atoms with E-state index in [9.17, 15) is 9.59 Å². The van der Waals surface area contributed by atoms with Gasteiger partial charge in [-0.15, -0.1) is 11.8 Å².